The zero-order chi connectivity index (χ0) is 15.5. The summed E-state index contributed by atoms with van der Waals surface area (Å²) in [5.74, 6) is 0. The number of carbonyl (C=O) groups is 1. The second-order valence-electron chi connectivity index (χ2n) is 6.12. The number of rotatable bonds is 2. The van der Waals surface area contributed by atoms with Crippen LogP contribution in [0.2, 0.25) is 0 Å². The van der Waals surface area contributed by atoms with Gasteiger partial charge >= 0.3 is 6.09 Å². The molecule has 2 rings (SSSR count). The van der Waals surface area contributed by atoms with E-state index in [0.29, 0.717) is 19.6 Å². The zero-order valence-electron chi connectivity index (χ0n) is 12.9. The lowest BCUT2D eigenvalue weighted by molar-refractivity contribution is 0.0270. The number of nitrogens with zero attached hydrogens (tertiary/aromatic N) is 2. The van der Waals surface area contributed by atoms with Crippen LogP contribution in [0, 0.1) is 0 Å². The molecule has 0 aromatic carbocycles. The third-order valence-electron chi connectivity index (χ3n) is 3.21. The number of aromatic nitrogens is 1. The highest BCUT2D eigenvalue weighted by atomic mass is 16.6. The summed E-state index contributed by atoms with van der Waals surface area (Å²) in [6.07, 6.45) is 2.55. The van der Waals surface area contributed by atoms with Crippen LogP contribution in [0.15, 0.2) is 24.3 Å². The largest absolute Gasteiger partial charge is 0.444 e. The van der Waals surface area contributed by atoms with Gasteiger partial charge in [-0.3, -0.25) is 4.98 Å². The quantitative estimate of drug-likeness (QED) is 0.908. The first-order chi connectivity index (χ1) is 9.89. The van der Waals surface area contributed by atoms with Crippen LogP contribution in [0.3, 0.4) is 0 Å². The topological polar surface area (TPSA) is 68.5 Å². The van der Waals surface area contributed by atoms with Gasteiger partial charge in [-0.25, -0.2) is 4.79 Å². The third kappa shape index (κ3) is 4.29. The minimum Gasteiger partial charge on any atom is -0.444 e. The van der Waals surface area contributed by atoms with Gasteiger partial charge in [-0.15, -0.1) is 0 Å². The predicted octanol–water partition coefficient (Wildman–Crippen LogP) is 2.56. The number of hydrogen-bond donors (Lipinski definition) is 1. The van der Waals surface area contributed by atoms with Crippen molar-refractivity contribution in [1.29, 1.82) is 0 Å². The van der Waals surface area contributed by atoms with Crippen LogP contribution in [0.25, 0.3) is 5.57 Å². The van der Waals surface area contributed by atoms with Gasteiger partial charge in [0.2, 0.25) is 0 Å². The van der Waals surface area contributed by atoms with Gasteiger partial charge in [0, 0.05) is 19.6 Å². The lowest BCUT2D eigenvalue weighted by Gasteiger charge is -2.29. The van der Waals surface area contributed by atoms with Crippen LogP contribution in [0.1, 0.15) is 38.6 Å². The normalized spacial score (nSPS) is 15.6. The van der Waals surface area contributed by atoms with Gasteiger partial charge in [0.15, 0.2) is 0 Å². The summed E-state index contributed by atoms with van der Waals surface area (Å²) in [6, 6.07) is 5.86. The van der Waals surface area contributed by atoms with Gasteiger partial charge in [0.25, 0.3) is 0 Å². The molecule has 0 atom stereocenters. The second-order valence-corrected chi connectivity index (χ2v) is 6.12. The number of hydrogen-bond acceptors (Lipinski definition) is 4. The first-order valence-electron chi connectivity index (χ1n) is 7.22. The average Bonchev–Trinajstić information content (AvgIpc) is 2.46. The number of carbonyl (C=O) groups excluding carboxylic acids is 1. The van der Waals surface area contributed by atoms with E-state index in [9.17, 15) is 4.79 Å². The van der Waals surface area contributed by atoms with Crippen LogP contribution in [0.5, 0.6) is 0 Å². The lowest BCUT2D eigenvalue weighted by atomic mass is 10.0. The van der Waals surface area contributed by atoms with E-state index in [4.69, 9.17) is 10.5 Å². The van der Waals surface area contributed by atoms with Gasteiger partial charge in [-0.1, -0.05) is 12.1 Å². The van der Waals surface area contributed by atoms with Crippen molar-refractivity contribution >= 4 is 11.7 Å². The molecule has 5 nitrogen and oxygen atoms in total. The van der Waals surface area contributed by atoms with Gasteiger partial charge in [-0.05, 0) is 44.9 Å². The monoisotopic (exact) mass is 289 g/mol. The van der Waals surface area contributed by atoms with Crippen molar-refractivity contribution in [3.63, 3.8) is 0 Å². The second kappa shape index (κ2) is 6.26. The van der Waals surface area contributed by atoms with Crippen molar-refractivity contribution in [2.45, 2.75) is 39.3 Å². The Labute approximate surface area is 125 Å². The van der Waals surface area contributed by atoms with E-state index in [-0.39, 0.29) is 6.09 Å². The maximum Gasteiger partial charge on any atom is 0.410 e. The summed E-state index contributed by atoms with van der Waals surface area (Å²) in [4.78, 5) is 18.2. The summed E-state index contributed by atoms with van der Waals surface area (Å²) >= 11 is 0. The Morgan fingerprint density at radius 1 is 1.43 bits per heavy atom. The molecule has 0 bridgehead atoms. The number of amides is 1. The lowest BCUT2D eigenvalue weighted by Crippen LogP contribution is -2.39. The van der Waals surface area contributed by atoms with Crippen molar-refractivity contribution in [1.82, 2.24) is 9.88 Å². The van der Waals surface area contributed by atoms with Crippen molar-refractivity contribution in [2.75, 3.05) is 13.1 Å². The molecule has 0 radical (unpaired) electrons. The molecule has 1 aromatic heterocycles. The highest BCUT2D eigenvalue weighted by Crippen LogP contribution is 2.22. The molecule has 1 amide bonds. The Hall–Kier alpha value is -1.88. The van der Waals surface area contributed by atoms with E-state index in [0.717, 1.165) is 23.4 Å². The van der Waals surface area contributed by atoms with E-state index in [2.05, 4.69) is 4.98 Å². The first kappa shape index (κ1) is 15.5. The molecule has 114 valence electrons. The van der Waals surface area contributed by atoms with Crippen LogP contribution in [-0.2, 0) is 11.3 Å². The molecular weight excluding hydrogens is 266 g/mol. The molecule has 2 N–H and O–H groups in total. The van der Waals surface area contributed by atoms with Crippen LogP contribution >= 0.6 is 0 Å². The smallest absolute Gasteiger partial charge is 0.410 e. The summed E-state index contributed by atoms with van der Waals surface area (Å²) in [6.45, 7) is 7.26. The Bertz CT molecular complexity index is 547. The molecule has 1 aliphatic rings. The molecule has 1 aliphatic heterocycles. The minimum absolute atomic E-state index is 0.263. The van der Waals surface area contributed by atoms with E-state index in [1.165, 1.54) is 0 Å². The third-order valence-corrected chi connectivity index (χ3v) is 3.21. The summed E-state index contributed by atoms with van der Waals surface area (Å²) in [5, 5.41) is 0. The average molecular weight is 289 g/mol. The first-order valence-corrected chi connectivity index (χ1v) is 7.22. The summed E-state index contributed by atoms with van der Waals surface area (Å²) in [5.41, 5.74) is 8.14. The molecule has 0 saturated heterocycles. The number of nitrogens with two attached hydrogens (primary N) is 1. The zero-order valence-corrected chi connectivity index (χ0v) is 12.9. The highest BCUT2D eigenvalue weighted by Gasteiger charge is 2.24. The molecule has 0 saturated carbocycles. The Balaban J connectivity index is 2.03. The fourth-order valence-electron chi connectivity index (χ4n) is 2.17. The Kier molecular flexibility index (Phi) is 4.63. The molecule has 0 spiro atoms. The Morgan fingerprint density at radius 2 is 2.19 bits per heavy atom. The maximum absolute atomic E-state index is 12.0. The van der Waals surface area contributed by atoms with E-state index in [1.54, 1.807) is 4.90 Å². The summed E-state index contributed by atoms with van der Waals surface area (Å²) in [7, 11) is 0. The van der Waals surface area contributed by atoms with Gasteiger partial charge in [-0.2, -0.15) is 0 Å². The summed E-state index contributed by atoms with van der Waals surface area (Å²) < 4.78 is 5.38. The minimum atomic E-state index is -0.460. The molecule has 2 heterocycles. The molecular formula is C16H23N3O2. The van der Waals surface area contributed by atoms with Gasteiger partial charge in [0.05, 0.1) is 11.4 Å². The van der Waals surface area contributed by atoms with Gasteiger partial charge in [0.1, 0.15) is 5.60 Å². The number of pyridine rings is 1. The van der Waals surface area contributed by atoms with Gasteiger partial charge < -0.3 is 15.4 Å². The molecule has 0 unspecified atom stereocenters. The molecule has 1 aromatic rings. The molecule has 0 fully saturated rings. The SMILES string of the molecule is CC(C)(C)OC(=O)N1CC=C(c2cccc(CN)n2)CC1. The van der Waals surface area contributed by atoms with Crippen LogP contribution in [-0.4, -0.2) is 34.7 Å². The van der Waals surface area contributed by atoms with Crippen molar-refractivity contribution in [3.8, 4) is 0 Å². The molecule has 0 aliphatic carbocycles. The van der Waals surface area contributed by atoms with E-state index < -0.39 is 5.60 Å². The van der Waals surface area contributed by atoms with Crippen molar-refractivity contribution in [3.05, 3.63) is 35.7 Å². The number of ether oxygens (including phenoxy) is 1. The molecule has 21 heavy (non-hydrogen) atoms. The van der Waals surface area contributed by atoms with Crippen LogP contribution < -0.4 is 5.73 Å². The Morgan fingerprint density at radius 3 is 2.76 bits per heavy atom. The molecule has 5 heteroatoms. The highest BCUT2D eigenvalue weighted by molar-refractivity contribution is 5.71. The van der Waals surface area contributed by atoms with Crippen molar-refractivity contribution < 1.29 is 9.53 Å². The standard InChI is InChI=1S/C16H23N3O2/c1-16(2,3)21-15(20)19-9-7-12(8-10-19)14-6-4-5-13(11-17)18-14/h4-7H,8-11,17H2,1-3H3. The maximum atomic E-state index is 12.0. The van der Waals surface area contributed by atoms with Crippen LogP contribution in [0.4, 0.5) is 4.79 Å². The fourth-order valence-corrected chi connectivity index (χ4v) is 2.17. The predicted molar refractivity (Wildman–Crippen MR) is 82.5 cm³/mol. The van der Waals surface area contributed by atoms with Crippen molar-refractivity contribution in [2.24, 2.45) is 5.73 Å². The fraction of sp³-hybridized carbons (Fsp3) is 0.500. The van der Waals surface area contributed by atoms with E-state index >= 15 is 0 Å². The van der Waals surface area contributed by atoms with E-state index in [1.807, 2.05) is 45.0 Å².